The van der Waals surface area contributed by atoms with Crippen molar-refractivity contribution in [2.45, 2.75) is 4.90 Å². The Balaban J connectivity index is 2.00. The van der Waals surface area contributed by atoms with E-state index in [1.165, 1.54) is 20.3 Å². The standard InChI is InChI=1S/C19H22N2O6S/c1-25-16-6-4-15(5-7-16)20-28(23,24)18-13-14(19(22)26-2)3-8-17(18)21-9-11-27-12-10-21/h3-8,13,20H,9-12H2,1-2H3. The van der Waals surface area contributed by atoms with E-state index in [4.69, 9.17) is 14.2 Å². The van der Waals surface area contributed by atoms with Gasteiger partial charge in [-0.1, -0.05) is 0 Å². The molecule has 0 saturated carbocycles. The van der Waals surface area contributed by atoms with Gasteiger partial charge < -0.3 is 19.1 Å². The van der Waals surface area contributed by atoms with Crippen molar-refractivity contribution in [3.63, 3.8) is 0 Å². The molecule has 0 aliphatic carbocycles. The summed E-state index contributed by atoms with van der Waals surface area (Å²) in [5.74, 6) is 0.0130. The molecule has 150 valence electrons. The highest BCUT2D eigenvalue weighted by Gasteiger charge is 2.25. The number of morpholine rings is 1. The van der Waals surface area contributed by atoms with Crippen molar-refractivity contribution in [3.05, 3.63) is 48.0 Å². The van der Waals surface area contributed by atoms with Crippen LogP contribution in [-0.2, 0) is 19.5 Å². The van der Waals surface area contributed by atoms with E-state index in [0.717, 1.165) is 0 Å². The summed E-state index contributed by atoms with van der Waals surface area (Å²) in [4.78, 5) is 13.9. The summed E-state index contributed by atoms with van der Waals surface area (Å²) in [6, 6.07) is 11.0. The Labute approximate surface area is 164 Å². The molecule has 0 unspecified atom stereocenters. The third kappa shape index (κ3) is 4.37. The molecular weight excluding hydrogens is 384 g/mol. The number of ether oxygens (including phenoxy) is 3. The first-order valence-corrected chi connectivity index (χ1v) is 10.1. The number of hydrogen-bond donors (Lipinski definition) is 1. The molecule has 28 heavy (non-hydrogen) atoms. The van der Waals surface area contributed by atoms with E-state index in [1.807, 2.05) is 4.90 Å². The fraction of sp³-hybridized carbons (Fsp3) is 0.316. The fourth-order valence-corrected chi connectivity index (χ4v) is 4.22. The Bertz CT molecular complexity index is 937. The fourth-order valence-electron chi connectivity index (χ4n) is 2.91. The lowest BCUT2D eigenvalue weighted by molar-refractivity contribution is 0.0600. The number of hydrogen-bond acceptors (Lipinski definition) is 7. The predicted octanol–water partition coefficient (Wildman–Crippen LogP) is 2.12. The Hall–Kier alpha value is -2.78. The Morgan fingerprint density at radius 3 is 2.36 bits per heavy atom. The molecule has 1 N–H and O–H groups in total. The van der Waals surface area contributed by atoms with Gasteiger partial charge in [-0.05, 0) is 42.5 Å². The maximum Gasteiger partial charge on any atom is 0.337 e. The molecule has 1 aliphatic rings. The summed E-state index contributed by atoms with van der Waals surface area (Å²) in [5, 5.41) is 0. The number of carbonyl (C=O) groups is 1. The van der Waals surface area contributed by atoms with Gasteiger partial charge in [0.1, 0.15) is 10.6 Å². The molecule has 2 aromatic rings. The molecule has 0 bridgehead atoms. The molecule has 1 aliphatic heterocycles. The normalized spacial score (nSPS) is 14.4. The van der Waals surface area contributed by atoms with Crippen molar-refractivity contribution >= 4 is 27.4 Å². The number of rotatable bonds is 6. The minimum atomic E-state index is -3.96. The first-order valence-electron chi connectivity index (χ1n) is 8.66. The topological polar surface area (TPSA) is 94.2 Å². The van der Waals surface area contributed by atoms with Crippen molar-refractivity contribution in [1.82, 2.24) is 0 Å². The largest absolute Gasteiger partial charge is 0.497 e. The molecular formula is C19H22N2O6S. The number of sulfonamides is 1. The third-order valence-electron chi connectivity index (χ3n) is 4.36. The molecule has 3 rings (SSSR count). The van der Waals surface area contributed by atoms with Crippen LogP contribution in [0.25, 0.3) is 0 Å². The highest BCUT2D eigenvalue weighted by Crippen LogP contribution is 2.29. The molecule has 8 nitrogen and oxygen atoms in total. The van der Waals surface area contributed by atoms with Gasteiger partial charge >= 0.3 is 5.97 Å². The highest BCUT2D eigenvalue weighted by atomic mass is 32.2. The van der Waals surface area contributed by atoms with E-state index in [0.29, 0.717) is 43.4 Å². The summed E-state index contributed by atoms with van der Waals surface area (Å²) >= 11 is 0. The zero-order chi connectivity index (χ0) is 20.1. The second-order valence-corrected chi connectivity index (χ2v) is 7.76. The summed E-state index contributed by atoms with van der Waals surface area (Å²) in [6.07, 6.45) is 0. The maximum atomic E-state index is 13.1. The van der Waals surface area contributed by atoms with Crippen LogP contribution in [0.1, 0.15) is 10.4 Å². The third-order valence-corrected chi connectivity index (χ3v) is 5.77. The Kier molecular flexibility index (Phi) is 6.05. The Morgan fingerprint density at radius 2 is 1.75 bits per heavy atom. The van der Waals surface area contributed by atoms with Gasteiger partial charge in [-0.3, -0.25) is 4.72 Å². The van der Waals surface area contributed by atoms with Gasteiger partial charge in [0, 0.05) is 18.8 Å². The molecule has 2 aromatic carbocycles. The van der Waals surface area contributed by atoms with Crippen molar-refractivity contribution in [3.8, 4) is 5.75 Å². The molecule has 9 heteroatoms. The van der Waals surface area contributed by atoms with Gasteiger partial charge in [0.15, 0.2) is 0 Å². The second-order valence-electron chi connectivity index (χ2n) is 6.11. The lowest BCUT2D eigenvalue weighted by atomic mass is 10.2. The quantitative estimate of drug-likeness (QED) is 0.735. The van der Waals surface area contributed by atoms with Crippen molar-refractivity contribution < 1.29 is 27.4 Å². The zero-order valence-electron chi connectivity index (χ0n) is 15.7. The van der Waals surface area contributed by atoms with Gasteiger partial charge in [-0.2, -0.15) is 0 Å². The van der Waals surface area contributed by atoms with Crippen LogP contribution in [-0.4, -0.2) is 54.9 Å². The number of anilines is 2. The van der Waals surface area contributed by atoms with E-state index in [9.17, 15) is 13.2 Å². The second kappa shape index (κ2) is 8.49. The lowest BCUT2D eigenvalue weighted by Gasteiger charge is -2.30. The molecule has 1 fully saturated rings. The van der Waals surface area contributed by atoms with Crippen LogP contribution in [0.3, 0.4) is 0 Å². The van der Waals surface area contributed by atoms with Crippen molar-refractivity contribution in [2.24, 2.45) is 0 Å². The van der Waals surface area contributed by atoms with Gasteiger partial charge in [0.2, 0.25) is 0 Å². The van der Waals surface area contributed by atoms with E-state index in [1.54, 1.807) is 36.4 Å². The molecule has 0 spiro atoms. The smallest absolute Gasteiger partial charge is 0.337 e. The van der Waals surface area contributed by atoms with Crippen molar-refractivity contribution in [2.75, 3.05) is 50.1 Å². The number of methoxy groups -OCH3 is 2. The number of carbonyl (C=O) groups excluding carboxylic acids is 1. The first kappa shape index (κ1) is 20.0. The van der Waals surface area contributed by atoms with E-state index in [2.05, 4.69) is 4.72 Å². The number of nitrogens with one attached hydrogen (secondary N) is 1. The predicted molar refractivity (Wildman–Crippen MR) is 105 cm³/mol. The average molecular weight is 406 g/mol. The minimum absolute atomic E-state index is 0.00752. The minimum Gasteiger partial charge on any atom is -0.497 e. The van der Waals surface area contributed by atoms with Gasteiger partial charge in [-0.15, -0.1) is 0 Å². The van der Waals surface area contributed by atoms with E-state index >= 15 is 0 Å². The molecule has 1 heterocycles. The van der Waals surface area contributed by atoms with Gasteiger partial charge in [0.25, 0.3) is 10.0 Å². The van der Waals surface area contributed by atoms with Crippen LogP contribution >= 0.6 is 0 Å². The average Bonchev–Trinajstić information content (AvgIpc) is 2.73. The van der Waals surface area contributed by atoms with E-state index < -0.39 is 16.0 Å². The maximum absolute atomic E-state index is 13.1. The number of benzene rings is 2. The van der Waals surface area contributed by atoms with Crippen LogP contribution in [0, 0.1) is 0 Å². The lowest BCUT2D eigenvalue weighted by Crippen LogP contribution is -2.37. The first-order chi connectivity index (χ1) is 13.4. The molecule has 0 radical (unpaired) electrons. The van der Waals surface area contributed by atoms with E-state index in [-0.39, 0.29) is 10.5 Å². The molecule has 1 saturated heterocycles. The number of nitrogens with zero attached hydrogens (tertiary/aromatic N) is 1. The number of esters is 1. The molecule has 0 aromatic heterocycles. The van der Waals surface area contributed by atoms with Crippen LogP contribution in [0.15, 0.2) is 47.4 Å². The van der Waals surface area contributed by atoms with Crippen LogP contribution in [0.5, 0.6) is 5.75 Å². The summed E-state index contributed by atoms with van der Waals surface area (Å²) in [7, 11) is -1.17. The Morgan fingerprint density at radius 1 is 1.07 bits per heavy atom. The zero-order valence-corrected chi connectivity index (χ0v) is 16.5. The summed E-state index contributed by atoms with van der Waals surface area (Å²) < 4.78 is 44.0. The van der Waals surface area contributed by atoms with Gasteiger partial charge in [-0.25, -0.2) is 13.2 Å². The monoisotopic (exact) mass is 406 g/mol. The van der Waals surface area contributed by atoms with Crippen LogP contribution in [0.2, 0.25) is 0 Å². The molecule has 0 atom stereocenters. The van der Waals surface area contributed by atoms with Gasteiger partial charge in [0.05, 0.1) is 38.7 Å². The molecule has 0 amide bonds. The SMILES string of the molecule is COC(=O)c1ccc(N2CCOCC2)c(S(=O)(=O)Nc2ccc(OC)cc2)c1. The summed E-state index contributed by atoms with van der Waals surface area (Å²) in [5.41, 5.74) is 1.06. The highest BCUT2D eigenvalue weighted by molar-refractivity contribution is 7.92. The summed E-state index contributed by atoms with van der Waals surface area (Å²) in [6.45, 7) is 2.12. The van der Waals surface area contributed by atoms with Crippen LogP contribution in [0.4, 0.5) is 11.4 Å². The van der Waals surface area contributed by atoms with Crippen LogP contribution < -0.4 is 14.4 Å². The van der Waals surface area contributed by atoms with Crippen molar-refractivity contribution in [1.29, 1.82) is 0 Å².